The summed E-state index contributed by atoms with van der Waals surface area (Å²) in [6, 6.07) is 0. The molecule has 0 aliphatic carbocycles. The number of carbonyl (C=O) groups is 3. The van der Waals surface area contributed by atoms with Crippen LogP contribution >= 0.6 is 35.2 Å². The van der Waals surface area contributed by atoms with Crippen LogP contribution in [0.1, 0.15) is 130 Å². The first-order valence-electron chi connectivity index (χ1n) is 22.7. The highest BCUT2D eigenvalue weighted by Crippen LogP contribution is 2.61. The Morgan fingerprint density at radius 3 is 2.06 bits per heavy atom. The maximum absolute atomic E-state index is 12.7. The molecule has 0 saturated carbocycles. The number of nitrogens with zero attached hydrogens (tertiary/aromatic N) is 4. The number of fused-ring (bicyclic) bond motifs is 1. The van der Waals surface area contributed by atoms with Crippen LogP contribution in [0.15, 0.2) is 12.7 Å². The summed E-state index contributed by atoms with van der Waals surface area (Å²) in [7, 11) is -16.4. The summed E-state index contributed by atoms with van der Waals surface area (Å²) in [5, 5.41) is 36.4. The van der Waals surface area contributed by atoms with Gasteiger partial charge in [-0.3, -0.25) is 32.5 Å². The summed E-state index contributed by atoms with van der Waals surface area (Å²) < 4.78 is 62.4. The van der Waals surface area contributed by atoms with Crippen molar-refractivity contribution < 1.29 is 85.6 Å². The Bertz CT molecular complexity index is 2030. The van der Waals surface area contributed by atoms with E-state index in [9.17, 15) is 63.0 Å². The van der Waals surface area contributed by atoms with Gasteiger partial charge >= 0.3 is 23.5 Å². The van der Waals surface area contributed by atoms with E-state index in [1.165, 1.54) is 78.1 Å². The second-order valence-corrected chi connectivity index (χ2v) is 22.5. The minimum absolute atomic E-state index is 0.0279. The third-order valence-corrected chi connectivity index (χ3v) is 14.9. The van der Waals surface area contributed by atoms with E-state index in [-0.39, 0.29) is 47.4 Å². The minimum Gasteiger partial charge on any atom is -0.386 e. The zero-order valence-electron chi connectivity index (χ0n) is 38.7. The number of aliphatic hydroxyl groups is 3. The summed E-state index contributed by atoms with van der Waals surface area (Å²) >= 11 is 0.915. The first-order valence-corrected chi connectivity index (χ1v) is 28.2. The Morgan fingerprint density at radius 2 is 1.46 bits per heavy atom. The number of ether oxygens (including phenoxy) is 1. The molecule has 68 heavy (non-hydrogen) atoms. The molecule has 29 heteroatoms. The Labute approximate surface area is 399 Å². The van der Waals surface area contributed by atoms with Crippen molar-refractivity contribution in [3.63, 3.8) is 0 Å². The number of aromatic nitrogens is 4. The van der Waals surface area contributed by atoms with Crippen LogP contribution in [-0.2, 0) is 50.7 Å². The van der Waals surface area contributed by atoms with Crippen molar-refractivity contribution in [2.75, 3.05) is 37.8 Å². The van der Waals surface area contributed by atoms with Gasteiger partial charge in [-0.05, 0) is 6.42 Å². The molecule has 0 spiro atoms. The normalized spacial score (nSPS) is 20.4. The van der Waals surface area contributed by atoms with E-state index in [1.54, 1.807) is 0 Å². The van der Waals surface area contributed by atoms with E-state index in [0.717, 1.165) is 54.7 Å². The SMILES string of the molecule is CCCCCCCCCCCCCCCCC(O)C(=O)SCCNC(=O)CCNC(=O)[C@H](O)C(C)(C)COP(=O)(O)OP(=O)(O)OC[C@H]1O[C@@H](n2cnc3c(N)ncnc32)C(O)[C@H]1OP(=O)(O)O. The molecule has 25 nitrogen and oxygen atoms in total. The summed E-state index contributed by atoms with van der Waals surface area (Å²) in [5.41, 5.74) is 4.25. The number of phosphoric acid groups is 3. The first kappa shape index (κ1) is 59.8. The van der Waals surface area contributed by atoms with Gasteiger partial charge in [0.2, 0.25) is 16.9 Å². The average molecular weight is 1050 g/mol. The zero-order valence-corrected chi connectivity index (χ0v) is 42.2. The molecule has 11 N–H and O–H groups in total. The predicted octanol–water partition coefficient (Wildman–Crippen LogP) is 3.90. The molecule has 1 saturated heterocycles. The third kappa shape index (κ3) is 21.5. The number of hydrogen-bond acceptors (Lipinski definition) is 19. The molecule has 1 aliphatic rings. The van der Waals surface area contributed by atoms with E-state index in [2.05, 4.69) is 41.3 Å². The molecule has 0 aromatic carbocycles. The lowest BCUT2D eigenvalue weighted by Crippen LogP contribution is -2.46. The molecular formula is C39H70N7O18P3S. The van der Waals surface area contributed by atoms with Gasteiger partial charge in [0, 0.05) is 30.7 Å². The number of rotatable bonds is 35. The van der Waals surface area contributed by atoms with Crippen molar-refractivity contribution in [2.24, 2.45) is 5.41 Å². The Kier molecular flexibility index (Phi) is 25.6. The Balaban J connectivity index is 1.31. The fourth-order valence-electron chi connectivity index (χ4n) is 7.03. The highest BCUT2D eigenvalue weighted by atomic mass is 32.2. The standard InChI is InChI=1S/C39H70N7O18P3S/c1-4-5-6-7-8-9-10-11-12-13-14-15-16-17-18-27(47)38(52)68-22-21-41-29(48)19-20-42-36(51)33(50)39(2,3)24-61-67(58,59)64-66(56,57)60-23-28-32(63-65(53,54)55)31(49)37(62-28)46-26-45-30-34(40)43-25-44-35(30)46/h25-28,31-33,37,47,49-50H,4-24H2,1-3H3,(H,41,48)(H,42,51)(H,56,57)(H,58,59)(H2,40,43,44)(H2,53,54,55)/t27?,28-,31?,32+,33+,37-/m1/s1. The molecule has 3 heterocycles. The molecule has 2 aromatic heterocycles. The van der Waals surface area contributed by atoms with E-state index >= 15 is 0 Å². The summed E-state index contributed by atoms with van der Waals surface area (Å²) in [4.78, 5) is 88.5. The Morgan fingerprint density at radius 1 is 0.868 bits per heavy atom. The van der Waals surface area contributed by atoms with Crippen molar-refractivity contribution in [1.82, 2.24) is 30.2 Å². The van der Waals surface area contributed by atoms with Crippen molar-refractivity contribution in [3.05, 3.63) is 12.7 Å². The molecule has 1 fully saturated rings. The number of imidazole rings is 1. The van der Waals surface area contributed by atoms with Crippen LogP contribution in [0.5, 0.6) is 0 Å². The van der Waals surface area contributed by atoms with Gasteiger partial charge in [-0.1, -0.05) is 122 Å². The van der Waals surface area contributed by atoms with Crippen molar-refractivity contribution >= 4 is 69.1 Å². The maximum atomic E-state index is 12.7. The van der Waals surface area contributed by atoms with Gasteiger partial charge in [0.25, 0.3) is 0 Å². The second kappa shape index (κ2) is 29.1. The summed E-state index contributed by atoms with van der Waals surface area (Å²) in [5.74, 6) is -1.28. The fourth-order valence-corrected chi connectivity index (χ4v) is 10.6. The second-order valence-electron chi connectivity index (χ2n) is 17.1. The van der Waals surface area contributed by atoms with Crippen LogP contribution in [0.4, 0.5) is 5.82 Å². The molecule has 3 rings (SSSR count). The van der Waals surface area contributed by atoms with E-state index in [0.29, 0.717) is 6.42 Å². The van der Waals surface area contributed by atoms with Gasteiger partial charge in [-0.25, -0.2) is 28.6 Å². The largest absolute Gasteiger partial charge is 0.481 e. The number of unbranched alkanes of at least 4 members (excludes halogenated alkanes) is 13. The van der Waals surface area contributed by atoms with Gasteiger partial charge in [-0.2, -0.15) is 4.31 Å². The lowest BCUT2D eigenvalue weighted by molar-refractivity contribution is -0.137. The van der Waals surface area contributed by atoms with Gasteiger partial charge in [0.05, 0.1) is 19.5 Å². The number of nitrogens with two attached hydrogens (primary N) is 1. The molecule has 2 amide bonds. The van der Waals surface area contributed by atoms with Crippen LogP contribution in [-0.4, -0.2) is 134 Å². The van der Waals surface area contributed by atoms with Gasteiger partial charge < -0.3 is 56.0 Å². The van der Waals surface area contributed by atoms with Crippen LogP contribution < -0.4 is 16.4 Å². The van der Waals surface area contributed by atoms with Crippen LogP contribution in [0.3, 0.4) is 0 Å². The fraction of sp³-hybridized carbons (Fsp3) is 0.795. The molecule has 1 aliphatic heterocycles. The molecule has 4 unspecified atom stereocenters. The number of amides is 2. The number of phosphoric ester groups is 3. The van der Waals surface area contributed by atoms with E-state index in [1.807, 2.05) is 0 Å². The highest BCUT2D eigenvalue weighted by molar-refractivity contribution is 8.13. The molecule has 390 valence electrons. The van der Waals surface area contributed by atoms with Crippen LogP contribution in [0.2, 0.25) is 0 Å². The number of nitrogens with one attached hydrogen (secondary N) is 2. The number of anilines is 1. The van der Waals surface area contributed by atoms with Gasteiger partial charge in [0.15, 0.2) is 17.7 Å². The molecule has 2 aromatic rings. The maximum Gasteiger partial charge on any atom is 0.481 e. The zero-order chi connectivity index (χ0) is 50.5. The lowest BCUT2D eigenvalue weighted by atomic mass is 9.87. The predicted molar refractivity (Wildman–Crippen MR) is 248 cm³/mol. The quantitative estimate of drug-likeness (QED) is 0.0346. The van der Waals surface area contributed by atoms with Crippen LogP contribution in [0.25, 0.3) is 11.2 Å². The number of aliphatic hydroxyl groups excluding tert-OH is 3. The number of nitrogen functional groups attached to an aromatic ring is 1. The smallest absolute Gasteiger partial charge is 0.386 e. The van der Waals surface area contributed by atoms with Crippen molar-refractivity contribution in [1.29, 1.82) is 0 Å². The summed E-state index contributed by atoms with van der Waals surface area (Å²) in [6.07, 6.45) is 9.23. The monoisotopic (exact) mass is 1050 g/mol. The number of hydrogen-bond donors (Lipinski definition) is 10. The first-order chi connectivity index (χ1) is 32.0. The minimum atomic E-state index is -5.59. The Hall–Kier alpha value is -2.48. The van der Waals surface area contributed by atoms with Crippen LogP contribution in [0, 0.1) is 5.41 Å². The number of thioether (sulfide) groups is 1. The van der Waals surface area contributed by atoms with Gasteiger partial charge in [0.1, 0.15) is 42.4 Å². The van der Waals surface area contributed by atoms with Gasteiger partial charge in [-0.15, -0.1) is 0 Å². The van der Waals surface area contributed by atoms with E-state index in [4.69, 9.17) is 19.5 Å². The lowest BCUT2D eigenvalue weighted by Gasteiger charge is -2.30. The van der Waals surface area contributed by atoms with E-state index < -0.39 is 90.7 Å². The average Bonchev–Trinajstić information content (AvgIpc) is 3.83. The molecule has 8 atom stereocenters. The molecular weight excluding hydrogens is 979 g/mol. The molecule has 0 radical (unpaired) electrons. The molecule has 0 bridgehead atoms. The van der Waals surface area contributed by atoms with Crippen molar-refractivity contribution in [3.8, 4) is 0 Å². The highest BCUT2D eigenvalue weighted by Gasteiger charge is 2.50. The number of carbonyl (C=O) groups excluding carboxylic acids is 3. The van der Waals surface area contributed by atoms with Crippen molar-refractivity contribution in [2.45, 2.75) is 160 Å². The summed E-state index contributed by atoms with van der Waals surface area (Å²) in [6.45, 7) is 2.59. The third-order valence-electron chi connectivity index (χ3n) is 10.8. The topological polar surface area (TPSA) is 384 Å².